The molecule has 0 bridgehead atoms. The lowest BCUT2D eigenvalue weighted by molar-refractivity contribution is -0.146. The van der Waals surface area contributed by atoms with E-state index >= 15 is 0 Å². The minimum Gasteiger partial charge on any atom is -0.390 e. The summed E-state index contributed by atoms with van der Waals surface area (Å²) in [6.07, 6.45) is -1.55. The Balaban J connectivity index is 2.10. The van der Waals surface area contributed by atoms with Gasteiger partial charge >= 0.3 is 0 Å². The summed E-state index contributed by atoms with van der Waals surface area (Å²) >= 11 is 0. The summed E-state index contributed by atoms with van der Waals surface area (Å²) in [6.45, 7) is 2.53. The molecule has 0 saturated carbocycles. The first-order valence-electron chi connectivity index (χ1n) is 5.81. The molecule has 0 fully saturated rings. The highest BCUT2D eigenvalue weighted by molar-refractivity contribution is 5.81. The van der Waals surface area contributed by atoms with Crippen LogP contribution in [0.2, 0.25) is 0 Å². The van der Waals surface area contributed by atoms with Gasteiger partial charge in [0.1, 0.15) is 0 Å². The SMILES string of the molecule is CC(O)C(O)C(=O)N1CCc2ccccc2C1. The van der Waals surface area contributed by atoms with Crippen molar-refractivity contribution in [3.8, 4) is 0 Å². The van der Waals surface area contributed by atoms with Gasteiger partial charge in [-0.2, -0.15) is 0 Å². The van der Waals surface area contributed by atoms with E-state index in [2.05, 4.69) is 6.07 Å². The molecule has 1 aromatic rings. The molecule has 2 unspecified atom stereocenters. The van der Waals surface area contributed by atoms with Gasteiger partial charge in [-0.1, -0.05) is 24.3 Å². The zero-order valence-corrected chi connectivity index (χ0v) is 9.84. The van der Waals surface area contributed by atoms with Gasteiger partial charge in [0.2, 0.25) is 0 Å². The summed E-state index contributed by atoms with van der Waals surface area (Å²) in [5, 5.41) is 18.8. The van der Waals surface area contributed by atoms with Crippen LogP contribution in [0.15, 0.2) is 24.3 Å². The lowest BCUT2D eigenvalue weighted by atomic mass is 9.99. The third-order valence-corrected chi connectivity index (χ3v) is 3.15. The molecule has 1 heterocycles. The fourth-order valence-corrected chi connectivity index (χ4v) is 2.08. The van der Waals surface area contributed by atoms with Gasteiger partial charge in [0.05, 0.1) is 6.10 Å². The minimum atomic E-state index is -1.32. The second kappa shape index (κ2) is 4.85. The normalized spacial score (nSPS) is 18.4. The van der Waals surface area contributed by atoms with E-state index in [4.69, 9.17) is 0 Å². The molecule has 1 amide bonds. The highest BCUT2D eigenvalue weighted by atomic mass is 16.3. The van der Waals surface area contributed by atoms with E-state index in [-0.39, 0.29) is 0 Å². The summed E-state index contributed by atoms with van der Waals surface area (Å²) in [5.74, 6) is -0.394. The van der Waals surface area contributed by atoms with Crippen LogP contribution in [0.25, 0.3) is 0 Å². The maximum atomic E-state index is 11.9. The monoisotopic (exact) mass is 235 g/mol. The van der Waals surface area contributed by atoms with E-state index in [1.165, 1.54) is 12.5 Å². The molecule has 0 aliphatic carbocycles. The predicted molar refractivity (Wildman–Crippen MR) is 63.3 cm³/mol. The van der Waals surface area contributed by atoms with Crippen molar-refractivity contribution in [2.24, 2.45) is 0 Å². The second-order valence-corrected chi connectivity index (χ2v) is 4.46. The average Bonchev–Trinajstić information content (AvgIpc) is 2.36. The largest absolute Gasteiger partial charge is 0.390 e. The maximum Gasteiger partial charge on any atom is 0.254 e. The van der Waals surface area contributed by atoms with Crippen LogP contribution in [0.3, 0.4) is 0 Å². The number of amides is 1. The van der Waals surface area contributed by atoms with E-state index in [9.17, 15) is 15.0 Å². The minimum absolute atomic E-state index is 0.394. The Morgan fingerprint density at radius 3 is 2.59 bits per heavy atom. The Hall–Kier alpha value is -1.39. The molecule has 92 valence electrons. The van der Waals surface area contributed by atoms with Crippen molar-refractivity contribution in [2.75, 3.05) is 6.54 Å². The first-order chi connectivity index (χ1) is 8.09. The molecule has 0 saturated heterocycles. The number of carbonyl (C=O) groups excluding carboxylic acids is 1. The van der Waals surface area contributed by atoms with Gasteiger partial charge in [0.15, 0.2) is 6.10 Å². The number of fused-ring (bicyclic) bond motifs is 1. The smallest absolute Gasteiger partial charge is 0.254 e. The van der Waals surface area contributed by atoms with Crippen molar-refractivity contribution in [1.29, 1.82) is 0 Å². The Morgan fingerprint density at radius 1 is 1.29 bits per heavy atom. The Morgan fingerprint density at radius 2 is 1.94 bits per heavy atom. The first kappa shape index (κ1) is 12.1. The van der Waals surface area contributed by atoms with E-state index in [1.54, 1.807) is 4.90 Å². The van der Waals surface area contributed by atoms with Crippen LogP contribution in [0.5, 0.6) is 0 Å². The summed E-state index contributed by atoms with van der Waals surface area (Å²) in [4.78, 5) is 13.5. The Labute approximate surface area is 100 Å². The molecule has 1 aliphatic heterocycles. The predicted octanol–water partition coefficient (Wildman–Crippen LogP) is 0.313. The van der Waals surface area contributed by atoms with E-state index in [1.807, 2.05) is 18.2 Å². The first-order valence-corrected chi connectivity index (χ1v) is 5.81. The average molecular weight is 235 g/mol. The highest BCUT2D eigenvalue weighted by Gasteiger charge is 2.28. The van der Waals surface area contributed by atoms with Crippen LogP contribution in [-0.2, 0) is 17.8 Å². The number of benzene rings is 1. The van der Waals surface area contributed by atoms with Gasteiger partial charge in [-0.05, 0) is 24.5 Å². The number of hydrogen-bond donors (Lipinski definition) is 2. The lowest BCUT2D eigenvalue weighted by Crippen LogP contribution is -2.45. The molecule has 2 atom stereocenters. The van der Waals surface area contributed by atoms with Crippen molar-refractivity contribution in [1.82, 2.24) is 4.90 Å². The number of aliphatic hydroxyl groups is 2. The molecule has 1 aliphatic rings. The molecular weight excluding hydrogens is 218 g/mol. The van der Waals surface area contributed by atoms with Gasteiger partial charge in [-0.3, -0.25) is 4.79 Å². The van der Waals surface area contributed by atoms with Gasteiger partial charge in [-0.15, -0.1) is 0 Å². The lowest BCUT2D eigenvalue weighted by Gasteiger charge is -2.31. The topological polar surface area (TPSA) is 60.8 Å². The van der Waals surface area contributed by atoms with Crippen molar-refractivity contribution in [2.45, 2.75) is 32.1 Å². The molecule has 17 heavy (non-hydrogen) atoms. The van der Waals surface area contributed by atoms with E-state index < -0.39 is 18.1 Å². The molecule has 0 spiro atoms. The summed E-state index contributed by atoms with van der Waals surface area (Å²) in [5.41, 5.74) is 2.37. The highest BCUT2D eigenvalue weighted by Crippen LogP contribution is 2.19. The third-order valence-electron chi connectivity index (χ3n) is 3.15. The zero-order valence-electron chi connectivity index (χ0n) is 9.84. The number of aliphatic hydroxyl groups excluding tert-OH is 2. The molecule has 4 heteroatoms. The number of hydrogen-bond acceptors (Lipinski definition) is 3. The second-order valence-electron chi connectivity index (χ2n) is 4.46. The maximum absolute atomic E-state index is 11.9. The fourth-order valence-electron chi connectivity index (χ4n) is 2.08. The van der Waals surface area contributed by atoms with Crippen LogP contribution >= 0.6 is 0 Å². The third kappa shape index (κ3) is 2.48. The fraction of sp³-hybridized carbons (Fsp3) is 0.462. The molecule has 1 aromatic carbocycles. The van der Waals surface area contributed by atoms with Crippen molar-refractivity contribution >= 4 is 5.91 Å². The van der Waals surface area contributed by atoms with Crippen LogP contribution in [0, 0.1) is 0 Å². The number of rotatable bonds is 2. The van der Waals surface area contributed by atoms with Crippen molar-refractivity contribution < 1.29 is 15.0 Å². The molecule has 2 N–H and O–H groups in total. The molecule has 0 radical (unpaired) electrons. The van der Waals surface area contributed by atoms with Gasteiger partial charge in [0, 0.05) is 13.1 Å². The van der Waals surface area contributed by atoms with Crippen molar-refractivity contribution in [3.05, 3.63) is 35.4 Å². The zero-order chi connectivity index (χ0) is 12.4. The van der Waals surface area contributed by atoms with E-state index in [0.29, 0.717) is 13.1 Å². The molecule has 0 aromatic heterocycles. The van der Waals surface area contributed by atoms with Gasteiger partial charge in [0.25, 0.3) is 5.91 Å². The standard InChI is InChI=1S/C13H17NO3/c1-9(15)12(16)13(17)14-7-6-10-4-2-3-5-11(10)8-14/h2-5,9,12,15-16H,6-8H2,1H3. The van der Waals surface area contributed by atoms with Crippen molar-refractivity contribution in [3.63, 3.8) is 0 Å². The summed E-state index contributed by atoms with van der Waals surface area (Å²) in [7, 11) is 0. The molecule has 2 rings (SSSR count). The number of carbonyl (C=O) groups is 1. The van der Waals surface area contributed by atoms with Crippen LogP contribution in [0.4, 0.5) is 0 Å². The van der Waals surface area contributed by atoms with Crippen LogP contribution < -0.4 is 0 Å². The molecule has 4 nitrogen and oxygen atoms in total. The van der Waals surface area contributed by atoms with Crippen LogP contribution in [0.1, 0.15) is 18.1 Å². The van der Waals surface area contributed by atoms with Gasteiger partial charge in [-0.25, -0.2) is 0 Å². The van der Waals surface area contributed by atoms with Crippen LogP contribution in [-0.4, -0.2) is 39.8 Å². The summed E-state index contributed by atoms with van der Waals surface area (Å²) in [6, 6.07) is 7.98. The number of nitrogens with zero attached hydrogens (tertiary/aromatic N) is 1. The Bertz CT molecular complexity index is 417. The van der Waals surface area contributed by atoms with Gasteiger partial charge < -0.3 is 15.1 Å². The Kier molecular flexibility index (Phi) is 3.45. The quantitative estimate of drug-likeness (QED) is 0.775. The summed E-state index contributed by atoms with van der Waals surface area (Å²) < 4.78 is 0. The van der Waals surface area contributed by atoms with E-state index in [0.717, 1.165) is 12.0 Å². The molecular formula is C13H17NO3.